The van der Waals surface area contributed by atoms with Crippen molar-refractivity contribution < 1.29 is 23.5 Å². The zero-order valence-corrected chi connectivity index (χ0v) is 16.3. The van der Waals surface area contributed by atoms with Crippen LogP contribution in [-0.2, 0) is 11.3 Å². The maximum absolute atomic E-state index is 13.2. The van der Waals surface area contributed by atoms with Gasteiger partial charge in [-0.25, -0.2) is 0 Å². The molecule has 1 heterocycles. The fourth-order valence-electron chi connectivity index (χ4n) is 2.80. The topological polar surface area (TPSA) is 81.0 Å². The molecule has 2 amide bonds. The second-order valence-corrected chi connectivity index (χ2v) is 6.26. The number of carbonyl (C=O) groups is 2. The first-order valence-corrected chi connectivity index (χ1v) is 8.98. The van der Waals surface area contributed by atoms with Crippen LogP contribution in [0.1, 0.15) is 16.1 Å². The van der Waals surface area contributed by atoms with Gasteiger partial charge in [0.2, 0.25) is 5.91 Å². The van der Waals surface area contributed by atoms with Gasteiger partial charge in [-0.05, 0) is 36.4 Å². The molecule has 0 unspecified atom stereocenters. The number of carbonyl (C=O) groups excluding carboxylic acids is 2. The number of nitrogens with one attached hydrogen (secondary N) is 1. The first-order valence-electron chi connectivity index (χ1n) is 8.98. The summed E-state index contributed by atoms with van der Waals surface area (Å²) in [5.74, 6) is 0.882. The number of para-hydroxylation sites is 1. The van der Waals surface area contributed by atoms with Crippen molar-refractivity contribution in [2.75, 3.05) is 26.1 Å². The third-order valence-electron chi connectivity index (χ3n) is 4.20. The summed E-state index contributed by atoms with van der Waals surface area (Å²) in [5, 5.41) is 2.79. The molecule has 0 aliphatic heterocycles. The van der Waals surface area contributed by atoms with E-state index in [-0.39, 0.29) is 24.9 Å². The molecule has 29 heavy (non-hydrogen) atoms. The van der Waals surface area contributed by atoms with Crippen LogP contribution in [0.5, 0.6) is 11.5 Å². The van der Waals surface area contributed by atoms with Crippen molar-refractivity contribution in [2.45, 2.75) is 6.54 Å². The van der Waals surface area contributed by atoms with E-state index in [4.69, 9.17) is 13.9 Å². The lowest BCUT2D eigenvalue weighted by atomic mass is 10.1. The zero-order chi connectivity index (χ0) is 20.6. The second kappa shape index (κ2) is 9.45. The van der Waals surface area contributed by atoms with E-state index in [2.05, 4.69) is 5.32 Å². The van der Waals surface area contributed by atoms with Gasteiger partial charge in [-0.15, -0.1) is 0 Å². The molecule has 0 spiro atoms. The Balaban J connectivity index is 1.82. The first-order chi connectivity index (χ1) is 14.1. The Hall–Kier alpha value is -3.74. The summed E-state index contributed by atoms with van der Waals surface area (Å²) in [6.45, 7) is 0.00151. The normalized spacial score (nSPS) is 10.3. The summed E-state index contributed by atoms with van der Waals surface area (Å²) in [4.78, 5) is 27.1. The van der Waals surface area contributed by atoms with Crippen molar-refractivity contribution in [1.29, 1.82) is 0 Å². The van der Waals surface area contributed by atoms with Crippen LogP contribution < -0.4 is 14.8 Å². The van der Waals surface area contributed by atoms with E-state index in [0.717, 1.165) is 0 Å². The summed E-state index contributed by atoms with van der Waals surface area (Å²) >= 11 is 0. The summed E-state index contributed by atoms with van der Waals surface area (Å²) in [7, 11) is 3.02. The Morgan fingerprint density at radius 2 is 1.66 bits per heavy atom. The summed E-state index contributed by atoms with van der Waals surface area (Å²) < 4.78 is 15.9. The molecule has 1 aromatic heterocycles. The van der Waals surface area contributed by atoms with Gasteiger partial charge in [-0.2, -0.15) is 0 Å². The number of rotatable bonds is 8. The van der Waals surface area contributed by atoms with Crippen LogP contribution in [-0.4, -0.2) is 37.5 Å². The molecule has 0 aliphatic carbocycles. The highest BCUT2D eigenvalue weighted by molar-refractivity contribution is 5.99. The van der Waals surface area contributed by atoms with Gasteiger partial charge in [0.15, 0.2) is 0 Å². The number of benzene rings is 2. The SMILES string of the molecule is COc1cc(OC)cc(C(=O)N(CC(=O)Nc2ccccc2)Cc2ccco2)c1. The fraction of sp³-hybridized carbons (Fsp3) is 0.182. The van der Waals surface area contributed by atoms with Gasteiger partial charge >= 0.3 is 0 Å². The van der Waals surface area contributed by atoms with E-state index in [1.165, 1.54) is 25.4 Å². The van der Waals surface area contributed by atoms with Crippen LogP contribution in [0.2, 0.25) is 0 Å². The molecular formula is C22H22N2O5. The number of amides is 2. The van der Waals surface area contributed by atoms with Crippen molar-refractivity contribution in [2.24, 2.45) is 0 Å². The predicted molar refractivity (Wildman–Crippen MR) is 108 cm³/mol. The monoisotopic (exact) mass is 394 g/mol. The highest BCUT2D eigenvalue weighted by Gasteiger charge is 2.22. The second-order valence-electron chi connectivity index (χ2n) is 6.26. The molecule has 0 radical (unpaired) electrons. The highest BCUT2D eigenvalue weighted by atomic mass is 16.5. The molecule has 0 saturated carbocycles. The van der Waals surface area contributed by atoms with Gasteiger partial charge in [-0.1, -0.05) is 18.2 Å². The molecule has 3 aromatic rings. The molecule has 3 rings (SSSR count). The summed E-state index contributed by atoms with van der Waals surface area (Å²) in [5.41, 5.74) is 1.01. The van der Waals surface area contributed by atoms with E-state index in [1.54, 1.807) is 42.5 Å². The van der Waals surface area contributed by atoms with E-state index < -0.39 is 0 Å². The summed E-state index contributed by atoms with van der Waals surface area (Å²) in [6, 6.07) is 17.4. The number of nitrogens with zero attached hydrogens (tertiary/aromatic N) is 1. The lowest BCUT2D eigenvalue weighted by Crippen LogP contribution is -2.37. The van der Waals surface area contributed by atoms with Crippen molar-refractivity contribution >= 4 is 17.5 Å². The van der Waals surface area contributed by atoms with Gasteiger partial charge in [-0.3, -0.25) is 9.59 Å². The van der Waals surface area contributed by atoms with E-state index in [9.17, 15) is 9.59 Å². The fourth-order valence-corrected chi connectivity index (χ4v) is 2.80. The van der Waals surface area contributed by atoms with Crippen LogP contribution in [0.15, 0.2) is 71.3 Å². The molecule has 2 aromatic carbocycles. The Bertz CT molecular complexity index is 932. The van der Waals surface area contributed by atoms with Crippen LogP contribution in [0.3, 0.4) is 0 Å². The quantitative estimate of drug-likeness (QED) is 0.632. The number of hydrogen-bond donors (Lipinski definition) is 1. The number of ether oxygens (including phenoxy) is 2. The lowest BCUT2D eigenvalue weighted by Gasteiger charge is -2.22. The number of methoxy groups -OCH3 is 2. The van der Waals surface area contributed by atoms with E-state index in [0.29, 0.717) is 28.5 Å². The van der Waals surface area contributed by atoms with Gasteiger partial charge in [0.25, 0.3) is 5.91 Å². The van der Waals surface area contributed by atoms with Crippen LogP contribution >= 0.6 is 0 Å². The molecule has 150 valence electrons. The van der Waals surface area contributed by atoms with Crippen LogP contribution in [0.25, 0.3) is 0 Å². The highest BCUT2D eigenvalue weighted by Crippen LogP contribution is 2.24. The lowest BCUT2D eigenvalue weighted by molar-refractivity contribution is -0.117. The Kier molecular flexibility index (Phi) is 6.52. The summed E-state index contributed by atoms with van der Waals surface area (Å²) in [6.07, 6.45) is 1.52. The zero-order valence-electron chi connectivity index (χ0n) is 16.3. The molecule has 1 N–H and O–H groups in total. The van der Waals surface area contributed by atoms with Gasteiger partial charge in [0, 0.05) is 17.3 Å². The van der Waals surface area contributed by atoms with Gasteiger partial charge in [0.05, 0.1) is 27.0 Å². The maximum Gasteiger partial charge on any atom is 0.255 e. The predicted octanol–water partition coefficient (Wildman–Crippen LogP) is 3.58. The standard InChI is InChI=1S/C22H22N2O5/c1-27-19-11-16(12-20(13-19)28-2)22(26)24(14-18-9-6-10-29-18)15-21(25)23-17-7-4-3-5-8-17/h3-13H,14-15H2,1-2H3,(H,23,25). The molecular weight excluding hydrogens is 372 g/mol. The number of hydrogen-bond acceptors (Lipinski definition) is 5. The molecule has 0 aliphatic rings. The molecule has 0 saturated heterocycles. The average Bonchev–Trinajstić information content (AvgIpc) is 3.26. The van der Waals surface area contributed by atoms with Crippen molar-refractivity contribution in [3.63, 3.8) is 0 Å². The van der Waals surface area contributed by atoms with E-state index >= 15 is 0 Å². The third kappa shape index (κ3) is 5.38. The molecule has 7 nitrogen and oxygen atoms in total. The average molecular weight is 394 g/mol. The minimum Gasteiger partial charge on any atom is -0.497 e. The maximum atomic E-state index is 13.2. The third-order valence-corrected chi connectivity index (χ3v) is 4.20. The molecule has 0 fully saturated rings. The van der Waals surface area contributed by atoms with Gasteiger partial charge < -0.3 is 24.1 Å². The smallest absolute Gasteiger partial charge is 0.255 e. The van der Waals surface area contributed by atoms with E-state index in [1.807, 2.05) is 18.2 Å². The van der Waals surface area contributed by atoms with Gasteiger partial charge in [0.1, 0.15) is 23.8 Å². The Morgan fingerprint density at radius 1 is 0.966 bits per heavy atom. The number of furan rings is 1. The van der Waals surface area contributed by atoms with Crippen molar-refractivity contribution in [1.82, 2.24) is 4.90 Å². The Labute approximate surface area is 168 Å². The van der Waals surface area contributed by atoms with Crippen LogP contribution in [0, 0.1) is 0 Å². The largest absolute Gasteiger partial charge is 0.497 e. The van der Waals surface area contributed by atoms with Crippen LogP contribution in [0.4, 0.5) is 5.69 Å². The first kappa shape index (κ1) is 20.0. The van der Waals surface area contributed by atoms with Crippen molar-refractivity contribution in [3.05, 3.63) is 78.3 Å². The number of anilines is 1. The Morgan fingerprint density at radius 3 is 2.24 bits per heavy atom. The molecule has 0 atom stereocenters. The molecule has 7 heteroatoms. The minimum atomic E-state index is -0.346. The van der Waals surface area contributed by atoms with Crippen molar-refractivity contribution in [3.8, 4) is 11.5 Å². The minimum absolute atomic E-state index is 0.145. The molecule has 0 bridgehead atoms.